The van der Waals surface area contributed by atoms with Crippen LogP contribution in [0.4, 0.5) is 0 Å². The molecule has 69 heavy (non-hydrogen) atoms. The van der Waals surface area contributed by atoms with Crippen molar-refractivity contribution in [3.63, 3.8) is 0 Å². The molecule has 6 nitrogen and oxygen atoms in total. The molecule has 0 rings (SSSR count). The third-order valence-electron chi connectivity index (χ3n) is 11.5. The van der Waals surface area contributed by atoms with Crippen molar-refractivity contribution in [3.8, 4) is 0 Å². The lowest BCUT2D eigenvalue weighted by Crippen LogP contribution is -2.30. The van der Waals surface area contributed by atoms with Crippen molar-refractivity contribution in [2.24, 2.45) is 0 Å². The van der Waals surface area contributed by atoms with Gasteiger partial charge in [0.05, 0.1) is 0 Å². The molecular formula is C63H102O6. The maximum Gasteiger partial charge on any atom is 0.306 e. The topological polar surface area (TPSA) is 78.9 Å². The quantitative estimate of drug-likeness (QED) is 0.0262. The minimum atomic E-state index is -0.823. The second kappa shape index (κ2) is 56.4. The molecule has 0 fully saturated rings. The summed E-state index contributed by atoms with van der Waals surface area (Å²) in [5.41, 5.74) is 0. The fourth-order valence-electron chi connectivity index (χ4n) is 7.27. The first kappa shape index (κ1) is 64.8. The Bertz CT molecular complexity index is 1470. The zero-order valence-corrected chi connectivity index (χ0v) is 44.5. The van der Waals surface area contributed by atoms with Gasteiger partial charge in [0.25, 0.3) is 0 Å². The van der Waals surface area contributed by atoms with Crippen molar-refractivity contribution in [1.29, 1.82) is 0 Å². The summed E-state index contributed by atoms with van der Waals surface area (Å²) in [6.07, 6.45) is 77.6. The molecule has 0 aromatic rings. The van der Waals surface area contributed by atoms with Crippen molar-refractivity contribution in [3.05, 3.63) is 122 Å². The molecule has 0 aliphatic heterocycles. The van der Waals surface area contributed by atoms with Crippen LogP contribution in [0.5, 0.6) is 0 Å². The third kappa shape index (κ3) is 54.6. The van der Waals surface area contributed by atoms with E-state index >= 15 is 0 Å². The molecule has 0 saturated carbocycles. The van der Waals surface area contributed by atoms with E-state index in [2.05, 4.69) is 136 Å². The van der Waals surface area contributed by atoms with Crippen LogP contribution in [0.25, 0.3) is 0 Å². The average molecular weight is 956 g/mol. The number of unbranched alkanes of at least 4 members (excludes halogenated alkanes) is 18. The summed E-state index contributed by atoms with van der Waals surface area (Å²) in [6.45, 7) is 6.40. The molecule has 0 aromatic carbocycles. The Morgan fingerprint density at radius 2 is 0.594 bits per heavy atom. The average Bonchev–Trinajstić information content (AvgIpc) is 3.35. The number of esters is 3. The molecule has 0 aromatic heterocycles. The van der Waals surface area contributed by atoms with E-state index in [1.54, 1.807) is 0 Å². The molecule has 0 amide bonds. The molecule has 0 aliphatic rings. The summed E-state index contributed by atoms with van der Waals surface area (Å²) in [5.74, 6) is -1.04. The fourth-order valence-corrected chi connectivity index (χ4v) is 7.27. The minimum Gasteiger partial charge on any atom is -0.462 e. The Hall–Kier alpha value is -4.19. The minimum absolute atomic E-state index is 0.120. The maximum atomic E-state index is 12.8. The van der Waals surface area contributed by atoms with Crippen LogP contribution in [0.2, 0.25) is 0 Å². The van der Waals surface area contributed by atoms with Crippen molar-refractivity contribution < 1.29 is 28.6 Å². The SMILES string of the molecule is CC/C=C\C/C=C\C/C=C\C/C=C\C/C=C\CCCCCC(=O)OC[C@H](COC(=O)CC/C=C\C/C=C\C/C=C\C/C=C\C/C=C\CCCCC)OC(=O)CCCCCCCCCCCCCCC. The number of carbonyl (C=O) groups is 3. The smallest absolute Gasteiger partial charge is 0.306 e. The first-order valence-electron chi connectivity index (χ1n) is 28.0. The van der Waals surface area contributed by atoms with Gasteiger partial charge in [0, 0.05) is 19.3 Å². The molecule has 6 heteroatoms. The van der Waals surface area contributed by atoms with Crippen molar-refractivity contribution in [2.45, 2.75) is 245 Å². The van der Waals surface area contributed by atoms with Crippen LogP contribution in [-0.4, -0.2) is 37.2 Å². The van der Waals surface area contributed by atoms with Gasteiger partial charge in [0.2, 0.25) is 0 Å². The van der Waals surface area contributed by atoms with Crippen LogP contribution in [-0.2, 0) is 28.6 Å². The Morgan fingerprint density at radius 3 is 1.00 bits per heavy atom. The summed E-state index contributed by atoms with van der Waals surface area (Å²) < 4.78 is 16.7. The molecule has 1 atom stereocenters. The summed E-state index contributed by atoms with van der Waals surface area (Å²) in [4.78, 5) is 38.1. The second-order valence-electron chi connectivity index (χ2n) is 18.1. The Labute approximate surface area is 424 Å². The number of hydrogen-bond donors (Lipinski definition) is 0. The highest BCUT2D eigenvalue weighted by molar-refractivity contribution is 5.71. The maximum absolute atomic E-state index is 12.8. The van der Waals surface area contributed by atoms with Crippen LogP contribution in [0.3, 0.4) is 0 Å². The van der Waals surface area contributed by atoms with Gasteiger partial charge in [-0.05, 0) is 103 Å². The lowest BCUT2D eigenvalue weighted by molar-refractivity contribution is -0.166. The highest BCUT2D eigenvalue weighted by Gasteiger charge is 2.19. The number of allylic oxidation sites excluding steroid dienone is 20. The number of ether oxygens (including phenoxy) is 3. The number of hydrogen-bond acceptors (Lipinski definition) is 6. The molecule has 0 unspecified atom stereocenters. The van der Waals surface area contributed by atoms with Crippen LogP contribution in [0.1, 0.15) is 239 Å². The molecule has 0 bridgehead atoms. The first-order valence-corrected chi connectivity index (χ1v) is 28.0. The normalized spacial score (nSPS) is 13.0. The molecule has 0 heterocycles. The standard InChI is InChI=1S/C63H102O6/c1-4-7-10-13-16-19-22-25-27-29-31-33-35-38-40-43-46-49-52-55-61(64)67-58-60(69-63(66)57-54-51-48-45-42-37-24-21-18-15-12-9-6-3)59-68-62(65)56-53-50-47-44-41-39-36-34-32-30-28-26-23-20-17-14-11-8-5-2/h7,10,16-17,19-20,25-28,31-34,38-41,47,50,60H,4-6,8-9,11-15,18,21-24,29-30,35-37,42-46,48-49,51-59H2,1-3H3/b10-7-,19-16-,20-17-,27-25-,28-26-,33-31-,34-32-,40-38-,41-39-,50-47-/t60-/m1/s1. The summed E-state index contributed by atoms with van der Waals surface area (Å²) in [5, 5.41) is 0. The molecule has 0 radical (unpaired) electrons. The highest BCUT2D eigenvalue weighted by Crippen LogP contribution is 2.14. The lowest BCUT2D eigenvalue weighted by atomic mass is 10.0. The second-order valence-corrected chi connectivity index (χ2v) is 18.1. The van der Waals surface area contributed by atoms with E-state index in [0.29, 0.717) is 19.3 Å². The van der Waals surface area contributed by atoms with Crippen molar-refractivity contribution >= 4 is 17.9 Å². The summed E-state index contributed by atoms with van der Waals surface area (Å²) >= 11 is 0. The first-order chi connectivity index (χ1) is 34.0. The van der Waals surface area contributed by atoms with Gasteiger partial charge in [-0.3, -0.25) is 14.4 Å². The predicted molar refractivity (Wildman–Crippen MR) is 297 cm³/mol. The molecule has 390 valence electrons. The molecule has 0 aliphatic carbocycles. The Balaban J connectivity index is 4.55. The van der Waals surface area contributed by atoms with Crippen LogP contribution in [0.15, 0.2) is 122 Å². The van der Waals surface area contributed by atoms with Crippen molar-refractivity contribution in [2.75, 3.05) is 13.2 Å². The van der Waals surface area contributed by atoms with E-state index in [4.69, 9.17) is 14.2 Å². The van der Waals surface area contributed by atoms with Crippen molar-refractivity contribution in [1.82, 2.24) is 0 Å². The van der Waals surface area contributed by atoms with Crippen LogP contribution in [0, 0.1) is 0 Å². The molecule has 0 spiro atoms. The van der Waals surface area contributed by atoms with Gasteiger partial charge >= 0.3 is 17.9 Å². The molecule has 0 N–H and O–H groups in total. The Kier molecular flexibility index (Phi) is 53.0. The van der Waals surface area contributed by atoms with E-state index in [0.717, 1.165) is 103 Å². The third-order valence-corrected chi connectivity index (χ3v) is 11.5. The van der Waals surface area contributed by atoms with E-state index < -0.39 is 6.10 Å². The number of rotatable bonds is 49. The fraction of sp³-hybridized carbons (Fsp3) is 0.635. The summed E-state index contributed by atoms with van der Waals surface area (Å²) in [7, 11) is 0. The van der Waals surface area contributed by atoms with Gasteiger partial charge in [-0.25, -0.2) is 0 Å². The van der Waals surface area contributed by atoms with Gasteiger partial charge in [-0.2, -0.15) is 0 Å². The van der Waals surface area contributed by atoms with E-state index in [1.165, 1.54) is 89.9 Å². The van der Waals surface area contributed by atoms with Gasteiger partial charge in [-0.15, -0.1) is 0 Å². The van der Waals surface area contributed by atoms with E-state index in [-0.39, 0.29) is 37.5 Å². The zero-order valence-electron chi connectivity index (χ0n) is 44.5. The highest BCUT2D eigenvalue weighted by atomic mass is 16.6. The van der Waals surface area contributed by atoms with Gasteiger partial charge in [-0.1, -0.05) is 239 Å². The van der Waals surface area contributed by atoms with Gasteiger partial charge in [0.1, 0.15) is 13.2 Å². The Morgan fingerprint density at radius 1 is 0.304 bits per heavy atom. The van der Waals surface area contributed by atoms with Gasteiger partial charge in [0.15, 0.2) is 6.10 Å². The monoisotopic (exact) mass is 955 g/mol. The molecular weight excluding hydrogens is 853 g/mol. The van der Waals surface area contributed by atoms with E-state index in [9.17, 15) is 14.4 Å². The predicted octanol–water partition coefficient (Wildman–Crippen LogP) is 18.9. The lowest BCUT2D eigenvalue weighted by Gasteiger charge is -2.18. The van der Waals surface area contributed by atoms with Crippen LogP contribution >= 0.6 is 0 Å². The number of carbonyl (C=O) groups excluding carboxylic acids is 3. The van der Waals surface area contributed by atoms with Gasteiger partial charge < -0.3 is 14.2 Å². The summed E-state index contributed by atoms with van der Waals surface area (Å²) in [6, 6.07) is 0. The van der Waals surface area contributed by atoms with Crippen LogP contribution < -0.4 is 0 Å². The molecule has 0 saturated heterocycles. The van der Waals surface area contributed by atoms with E-state index in [1.807, 2.05) is 6.08 Å². The largest absolute Gasteiger partial charge is 0.462 e. The zero-order chi connectivity index (χ0) is 50.0.